The number of rotatable bonds is 5. The van der Waals surface area contributed by atoms with Gasteiger partial charge in [-0.1, -0.05) is 36.7 Å². The van der Waals surface area contributed by atoms with Gasteiger partial charge in [-0.2, -0.15) is 0 Å². The molecule has 0 unspecified atom stereocenters. The van der Waals surface area contributed by atoms with Gasteiger partial charge >= 0.3 is 5.97 Å². The van der Waals surface area contributed by atoms with Gasteiger partial charge < -0.3 is 5.11 Å². The Morgan fingerprint density at radius 2 is 2.10 bits per heavy atom. The van der Waals surface area contributed by atoms with Crippen LogP contribution in [0.1, 0.15) is 48.8 Å². The minimum atomic E-state index is -1.06. The molecule has 1 aromatic carbocycles. The largest absolute Gasteiger partial charge is 0.476 e. The van der Waals surface area contributed by atoms with Gasteiger partial charge in [0.1, 0.15) is 0 Å². The Morgan fingerprint density at radius 3 is 2.65 bits per heavy atom. The summed E-state index contributed by atoms with van der Waals surface area (Å²) in [6.07, 6.45) is 1.65. The first-order chi connectivity index (χ1) is 9.58. The van der Waals surface area contributed by atoms with Crippen molar-refractivity contribution in [2.75, 3.05) is 0 Å². The molecule has 0 aliphatic rings. The van der Waals surface area contributed by atoms with Gasteiger partial charge in [-0.15, -0.1) is 5.10 Å². The van der Waals surface area contributed by atoms with E-state index in [-0.39, 0.29) is 11.6 Å². The SMILES string of the molecule is CCC(CC)c1c(C(=O)O)nnn1-c1cccc(Cl)c1. The van der Waals surface area contributed by atoms with Gasteiger partial charge in [0.2, 0.25) is 0 Å². The van der Waals surface area contributed by atoms with Crippen molar-refractivity contribution in [3.8, 4) is 5.69 Å². The number of nitrogens with zero attached hydrogens (tertiary/aromatic N) is 3. The molecule has 106 valence electrons. The fraction of sp³-hybridized carbons (Fsp3) is 0.357. The van der Waals surface area contributed by atoms with E-state index >= 15 is 0 Å². The molecule has 1 aromatic heterocycles. The normalized spacial score (nSPS) is 11.0. The van der Waals surface area contributed by atoms with Crippen molar-refractivity contribution in [2.45, 2.75) is 32.6 Å². The molecule has 20 heavy (non-hydrogen) atoms. The molecule has 0 fully saturated rings. The van der Waals surface area contributed by atoms with Crippen molar-refractivity contribution in [3.05, 3.63) is 40.7 Å². The summed E-state index contributed by atoms with van der Waals surface area (Å²) in [5.41, 5.74) is 1.36. The van der Waals surface area contributed by atoms with E-state index < -0.39 is 5.97 Å². The average molecular weight is 294 g/mol. The average Bonchev–Trinajstić information content (AvgIpc) is 2.85. The van der Waals surface area contributed by atoms with E-state index in [1.165, 1.54) is 0 Å². The smallest absolute Gasteiger partial charge is 0.358 e. The molecule has 2 rings (SSSR count). The van der Waals surface area contributed by atoms with Gasteiger partial charge in [0.15, 0.2) is 5.69 Å². The molecule has 0 radical (unpaired) electrons. The zero-order chi connectivity index (χ0) is 14.7. The van der Waals surface area contributed by atoms with Gasteiger partial charge in [-0.05, 0) is 31.0 Å². The van der Waals surface area contributed by atoms with Crippen molar-refractivity contribution < 1.29 is 9.90 Å². The Balaban J connectivity index is 2.61. The number of aromatic nitrogens is 3. The molecule has 1 heterocycles. The van der Waals surface area contributed by atoms with Gasteiger partial charge in [-0.25, -0.2) is 9.48 Å². The Bertz CT molecular complexity index is 621. The predicted octanol–water partition coefficient (Wildman–Crippen LogP) is 3.52. The Hall–Kier alpha value is -1.88. The molecule has 0 saturated heterocycles. The molecule has 6 heteroatoms. The molecule has 0 aliphatic heterocycles. The van der Waals surface area contributed by atoms with Crippen molar-refractivity contribution in [1.29, 1.82) is 0 Å². The molecule has 5 nitrogen and oxygen atoms in total. The molecule has 0 atom stereocenters. The summed E-state index contributed by atoms with van der Waals surface area (Å²) in [4.78, 5) is 11.3. The van der Waals surface area contributed by atoms with E-state index in [1.54, 1.807) is 22.9 Å². The number of carboxylic acids is 1. The van der Waals surface area contributed by atoms with Gasteiger partial charge in [-0.3, -0.25) is 0 Å². The second-order valence-corrected chi connectivity index (χ2v) is 4.97. The molecule has 2 aromatic rings. The van der Waals surface area contributed by atoms with Crippen LogP contribution < -0.4 is 0 Å². The van der Waals surface area contributed by atoms with E-state index in [0.29, 0.717) is 10.7 Å². The molecule has 1 N–H and O–H groups in total. The van der Waals surface area contributed by atoms with Crippen molar-refractivity contribution in [1.82, 2.24) is 15.0 Å². The first-order valence-corrected chi connectivity index (χ1v) is 6.91. The minimum Gasteiger partial charge on any atom is -0.476 e. The summed E-state index contributed by atoms with van der Waals surface area (Å²) in [7, 11) is 0. The highest BCUT2D eigenvalue weighted by Gasteiger charge is 2.25. The second-order valence-electron chi connectivity index (χ2n) is 4.53. The van der Waals surface area contributed by atoms with Crippen LogP contribution in [-0.4, -0.2) is 26.1 Å². The number of carbonyl (C=O) groups is 1. The minimum absolute atomic E-state index is 0.0127. The van der Waals surface area contributed by atoms with E-state index in [1.807, 2.05) is 19.9 Å². The standard InChI is InChI=1S/C14H16ClN3O2/c1-3-9(4-2)13-12(14(19)20)16-17-18(13)11-7-5-6-10(15)8-11/h5-9H,3-4H2,1-2H3,(H,19,20). The number of aromatic carboxylic acids is 1. The fourth-order valence-corrected chi connectivity index (χ4v) is 2.47. The third kappa shape index (κ3) is 2.67. The third-order valence-electron chi connectivity index (χ3n) is 3.33. The van der Waals surface area contributed by atoms with Gasteiger partial charge in [0, 0.05) is 10.9 Å². The van der Waals surface area contributed by atoms with Crippen LogP contribution in [0.3, 0.4) is 0 Å². The zero-order valence-corrected chi connectivity index (χ0v) is 12.1. The summed E-state index contributed by atoms with van der Waals surface area (Å²) in [5.74, 6) is -0.963. The van der Waals surface area contributed by atoms with Crippen LogP contribution in [0.25, 0.3) is 5.69 Å². The van der Waals surface area contributed by atoms with Crippen LogP contribution in [-0.2, 0) is 0 Å². The van der Waals surface area contributed by atoms with Crippen LogP contribution in [0.2, 0.25) is 5.02 Å². The topological polar surface area (TPSA) is 68.0 Å². The fourth-order valence-electron chi connectivity index (χ4n) is 2.28. The van der Waals surface area contributed by atoms with Crippen LogP contribution in [0.15, 0.2) is 24.3 Å². The number of benzene rings is 1. The van der Waals surface area contributed by atoms with Crippen molar-refractivity contribution in [2.24, 2.45) is 0 Å². The Labute approximate surface area is 122 Å². The second kappa shape index (κ2) is 6.05. The molecular formula is C14H16ClN3O2. The number of hydrogen-bond acceptors (Lipinski definition) is 3. The molecular weight excluding hydrogens is 278 g/mol. The van der Waals surface area contributed by atoms with Crippen molar-refractivity contribution in [3.63, 3.8) is 0 Å². The lowest BCUT2D eigenvalue weighted by Crippen LogP contribution is -2.11. The summed E-state index contributed by atoms with van der Waals surface area (Å²) in [6, 6.07) is 7.14. The lowest BCUT2D eigenvalue weighted by molar-refractivity contribution is 0.0688. The molecule has 0 spiro atoms. The highest BCUT2D eigenvalue weighted by Crippen LogP contribution is 2.28. The Kier molecular flexibility index (Phi) is 4.39. The number of hydrogen-bond donors (Lipinski definition) is 1. The van der Waals surface area contributed by atoms with Crippen molar-refractivity contribution >= 4 is 17.6 Å². The molecule has 0 aliphatic carbocycles. The first-order valence-electron chi connectivity index (χ1n) is 6.53. The van der Waals surface area contributed by atoms with E-state index in [2.05, 4.69) is 10.3 Å². The lowest BCUT2D eigenvalue weighted by atomic mass is 9.97. The van der Waals surface area contributed by atoms with Crippen LogP contribution >= 0.6 is 11.6 Å². The lowest BCUT2D eigenvalue weighted by Gasteiger charge is -2.15. The highest BCUT2D eigenvalue weighted by atomic mass is 35.5. The predicted molar refractivity (Wildman–Crippen MR) is 76.7 cm³/mol. The Morgan fingerprint density at radius 1 is 1.40 bits per heavy atom. The van der Waals surface area contributed by atoms with Gasteiger partial charge in [0.25, 0.3) is 0 Å². The van der Waals surface area contributed by atoms with Crippen LogP contribution in [0, 0.1) is 0 Å². The molecule has 0 bridgehead atoms. The van der Waals surface area contributed by atoms with E-state index in [0.717, 1.165) is 18.5 Å². The highest BCUT2D eigenvalue weighted by molar-refractivity contribution is 6.30. The van der Waals surface area contributed by atoms with Gasteiger partial charge in [0.05, 0.1) is 11.4 Å². The number of carboxylic acid groups (broad SMARTS) is 1. The third-order valence-corrected chi connectivity index (χ3v) is 3.57. The zero-order valence-electron chi connectivity index (χ0n) is 11.4. The maximum Gasteiger partial charge on any atom is 0.358 e. The van der Waals surface area contributed by atoms with E-state index in [4.69, 9.17) is 11.6 Å². The monoisotopic (exact) mass is 293 g/mol. The van der Waals surface area contributed by atoms with E-state index in [9.17, 15) is 9.90 Å². The van der Waals surface area contributed by atoms with Crippen LogP contribution in [0.4, 0.5) is 0 Å². The molecule has 0 saturated carbocycles. The summed E-state index contributed by atoms with van der Waals surface area (Å²) in [5, 5.41) is 17.7. The maximum atomic E-state index is 11.3. The maximum absolute atomic E-state index is 11.3. The quantitative estimate of drug-likeness (QED) is 0.916. The summed E-state index contributed by atoms with van der Waals surface area (Å²) in [6.45, 7) is 4.05. The summed E-state index contributed by atoms with van der Waals surface area (Å²) < 4.78 is 1.58. The first kappa shape index (κ1) is 14.5. The molecule has 0 amide bonds. The summed E-state index contributed by atoms with van der Waals surface area (Å²) >= 11 is 5.99. The number of halogens is 1. The van der Waals surface area contributed by atoms with Crippen LogP contribution in [0.5, 0.6) is 0 Å².